The number of aryl methyl sites for hydroxylation is 3. The minimum Gasteiger partial charge on any atom is -0.464 e. The van der Waals surface area contributed by atoms with E-state index < -0.39 is 5.97 Å². The van der Waals surface area contributed by atoms with Crippen LogP contribution in [-0.4, -0.2) is 27.7 Å². The van der Waals surface area contributed by atoms with Crippen LogP contribution >= 0.6 is 0 Å². The van der Waals surface area contributed by atoms with Crippen LogP contribution in [0.4, 0.5) is 11.5 Å². The molecule has 0 saturated carbocycles. The molecule has 0 aliphatic heterocycles. The lowest BCUT2D eigenvalue weighted by Crippen LogP contribution is -2.09. The van der Waals surface area contributed by atoms with Gasteiger partial charge in [-0.15, -0.1) is 0 Å². The average Bonchev–Trinajstić information content (AvgIpc) is 3.10. The number of nitriles is 1. The number of carbonyl (C=O) groups excluding carboxylic acids is 1. The fourth-order valence-corrected chi connectivity index (χ4v) is 3.70. The van der Waals surface area contributed by atoms with Crippen molar-refractivity contribution in [2.75, 3.05) is 12.4 Å². The van der Waals surface area contributed by atoms with Crippen LogP contribution < -0.4 is 5.32 Å². The van der Waals surface area contributed by atoms with Crippen LogP contribution in [-0.2, 0) is 4.74 Å². The predicted molar refractivity (Wildman–Crippen MR) is 118 cm³/mol. The Morgan fingerprint density at radius 3 is 2.35 bits per heavy atom. The maximum absolute atomic E-state index is 12.4. The number of anilines is 2. The molecule has 0 spiro atoms. The number of nitrogens with one attached hydrogen (secondary N) is 1. The molecule has 4 aromatic rings. The second-order valence-corrected chi connectivity index (χ2v) is 7.29. The first-order chi connectivity index (χ1) is 14.9. The molecule has 0 unspecified atom stereocenters. The Morgan fingerprint density at radius 1 is 1.06 bits per heavy atom. The minimum atomic E-state index is -0.531. The molecule has 1 N–H and O–H groups in total. The van der Waals surface area contributed by atoms with Gasteiger partial charge in [0.05, 0.1) is 30.0 Å². The summed E-state index contributed by atoms with van der Waals surface area (Å²) in [4.78, 5) is 17.0. The number of nitrogens with zero attached hydrogens (tertiary/aromatic N) is 4. The van der Waals surface area contributed by atoms with Crippen molar-refractivity contribution in [3.63, 3.8) is 0 Å². The third-order valence-corrected chi connectivity index (χ3v) is 5.18. The molecule has 0 saturated heterocycles. The van der Waals surface area contributed by atoms with Gasteiger partial charge < -0.3 is 10.1 Å². The lowest BCUT2D eigenvalue weighted by molar-refractivity contribution is 0.0594. The van der Waals surface area contributed by atoms with Gasteiger partial charge in [-0.05, 0) is 61.7 Å². The van der Waals surface area contributed by atoms with Crippen molar-refractivity contribution in [1.29, 1.82) is 5.26 Å². The SMILES string of the molecule is COC(=O)c1cc(Nc2ccc(C#N)cc2)n2nc(C)c(-c3c(C)cccc3C)c2n1. The second kappa shape index (κ2) is 7.92. The zero-order valence-electron chi connectivity index (χ0n) is 17.7. The van der Waals surface area contributed by atoms with Gasteiger partial charge >= 0.3 is 5.97 Å². The number of methoxy groups -OCH3 is 1. The number of hydrogen-bond donors (Lipinski definition) is 1. The molecule has 4 rings (SSSR count). The number of benzene rings is 2. The summed E-state index contributed by atoms with van der Waals surface area (Å²) in [7, 11) is 1.33. The van der Waals surface area contributed by atoms with Gasteiger partial charge in [-0.3, -0.25) is 0 Å². The molecular formula is C24H21N5O2. The van der Waals surface area contributed by atoms with E-state index in [2.05, 4.69) is 16.4 Å². The predicted octanol–water partition coefficient (Wildman–Crippen LogP) is 4.72. The van der Waals surface area contributed by atoms with Crippen molar-refractivity contribution in [1.82, 2.24) is 14.6 Å². The highest BCUT2D eigenvalue weighted by atomic mass is 16.5. The maximum Gasteiger partial charge on any atom is 0.356 e. The smallest absolute Gasteiger partial charge is 0.356 e. The lowest BCUT2D eigenvalue weighted by Gasteiger charge is -2.12. The van der Waals surface area contributed by atoms with E-state index >= 15 is 0 Å². The number of hydrogen-bond acceptors (Lipinski definition) is 6. The third kappa shape index (κ3) is 3.60. The van der Waals surface area contributed by atoms with Crippen LogP contribution in [0.2, 0.25) is 0 Å². The van der Waals surface area contributed by atoms with E-state index in [0.29, 0.717) is 17.0 Å². The molecule has 0 radical (unpaired) electrons. The van der Waals surface area contributed by atoms with Gasteiger partial charge in [0.2, 0.25) is 0 Å². The Kier molecular flexibility index (Phi) is 5.14. The van der Waals surface area contributed by atoms with Gasteiger partial charge in [-0.1, -0.05) is 18.2 Å². The number of rotatable bonds is 4. The molecule has 0 atom stereocenters. The Hall–Kier alpha value is -4.18. The van der Waals surface area contributed by atoms with Crippen molar-refractivity contribution in [3.8, 4) is 17.2 Å². The van der Waals surface area contributed by atoms with E-state index in [9.17, 15) is 4.79 Å². The number of carbonyl (C=O) groups is 1. The van der Waals surface area contributed by atoms with Crippen LogP contribution in [0.3, 0.4) is 0 Å². The highest BCUT2D eigenvalue weighted by Gasteiger charge is 2.21. The Morgan fingerprint density at radius 2 is 1.74 bits per heavy atom. The van der Waals surface area contributed by atoms with Crippen molar-refractivity contribution in [3.05, 3.63) is 76.6 Å². The molecule has 2 aromatic heterocycles. The quantitative estimate of drug-likeness (QED) is 0.488. The van der Waals surface area contributed by atoms with Gasteiger partial charge in [-0.2, -0.15) is 14.9 Å². The third-order valence-electron chi connectivity index (χ3n) is 5.18. The van der Waals surface area contributed by atoms with Gasteiger partial charge in [0.15, 0.2) is 11.3 Å². The first-order valence-corrected chi connectivity index (χ1v) is 9.75. The summed E-state index contributed by atoms with van der Waals surface area (Å²) in [6.07, 6.45) is 0. The summed E-state index contributed by atoms with van der Waals surface area (Å²) < 4.78 is 6.62. The standard InChI is InChI=1S/C24H21N5O2/c1-14-6-5-7-15(2)21(14)22-16(3)28-29-20(12-19(24(30)31-4)27-23(22)29)26-18-10-8-17(13-25)9-11-18/h5-12,26H,1-4H3. The fraction of sp³-hybridized carbons (Fsp3) is 0.167. The van der Waals surface area contributed by atoms with Crippen molar-refractivity contribution < 1.29 is 9.53 Å². The van der Waals surface area contributed by atoms with E-state index in [1.807, 2.05) is 39.0 Å². The molecule has 7 heteroatoms. The molecular weight excluding hydrogens is 390 g/mol. The molecule has 31 heavy (non-hydrogen) atoms. The summed E-state index contributed by atoms with van der Waals surface area (Å²) >= 11 is 0. The van der Waals surface area contributed by atoms with Crippen LogP contribution in [0.1, 0.15) is 32.9 Å². The highest BCUT2D eigenvalue weighted by molar-refractivity contribution is 5.92. The molecule has 154 valence electrons. The van der Waals surface area contributed by atoms with Gasteiger partial charge in [0, 0.05) is 11.8 Å². The highest BCUT2D eigenvalue weighted by Crippen LogP contribution is 2.34. The molecule has 0 fully saturated rings. The number of ether oxygens (including phenoxy) is 1. The van der Waals surface area contributed by atoms with E-state index in [4.69, 9.17) is 15.1 Å². The Balaban J connectivity index is 1.96. The van der Waals surface area contributed by atoms with Crippen molar-refractivity contribution in [2.24, 2.45) is 0 Å². The summed E-state index contributed by atoms with van der Waals surface area (Å²) in [5.41, 5.74) is 6.99. The van der Waals surface area contributed by atoms with Gasteiger partial charge in [0.1, 0.15) is 5.82 Å². The minimum absolute atomic E-state index is 0.179. The van der Waals surface area contributed by atoms with E-state index in [0.717, 1.165) is 33.6 Å². The first kappa shape index (κ1) is 20.1. The zero-order chi connectivity index (χ0) is 22.1. The van der Waals surface area contributed by atoms with Crippen LogP contribution in [0.15, 0.2) is 48.5 Å². The first-order valence-electron chi connectivity index (χ1n) is 9.75. The molecule has 0 amide bonds. The average molecular weight is 411 g/mol. The normalized spacial score (nSPS) is 10.7. The summed E-state index contributed by atoms with van der Waals surface area (Å²) in [6.45, 7) is 6.02. The Bertz CT molecular complexity index is 1330. The van der Waals surface area contributed by atoms with Gasteiger partial charge in [-0.25, -0.2) is 9.78 Å². The summed E-state index contributed by atoms with van der Waals surface area (Å²) in [6, 6.07) is 16.9. The molecule has 0 aliphatic rings. The Labute approximate surface area is 179 Å². The van der Waals surface area contributed by atoms with Crippen LogP contribution in [0, 0.1) is 32.1 Å². The zero-order valence-corrected chi connectivity index (χ0v) is 17.7. The fourth-order valence-electron chi connectivity index (χ4n) is 3.70. The maximum atomic E-state index is 12.4. The molecule has 2 aromatic carbocycles. The largest absolute Gasteiger partial charge is 0.464 e. The van der Waals surface area contributed by atoms with Crippen LogP contribution in [0.5, 0.6) is 0 Å². The van der Waals surface area contributed by atoms with E-state index in [1.54, 1.807) is 34.8 Å². The van der Waals surface area contributed by atoms with Crippen LogP contribution in [0.25, 0.3) is 16.8 Å². The molecule has 0 bridgehead atoms. The van der Waals surface area contributed by atoms with E-state index in [1.165, 1.54) is 7.11 Å². The summed E-state index contributed by atoms with van der Waals surface area (Å²) in [5, 5.41) is 17.0. The summed E-state index contributed by atoms with van der Waals surface area (Å²) in [5.74, 6) is 0.0346. The van der Waals surface area contributed by atoms with E-state index in [-0.39, 0.29) is 5.69 Å². The number of fused-ring (bicyclic) bond motifs is 1. The molecule has 0 aliphatic carbocycles. The van der Waals surface area contributed by atoms with Gasteiger partial charge in [0.25, 0.3) is 0 Å². The number of esters is 1. The van der Waals surface area contributed by atoms with Crippen molar-refractivity contribution in [2.45, 2.75) is 20.8 Å². The topological polar surface area (TPSA) is 92.3 Å². The second-order valence-electron chi connectivity index (χ2n) is 7.29. The number of aromatic nitrogens is 3. The van der Waals surface area contributed by atoms with Crippen molar-refractivity contribution >= 4 is 23.1 Å². The molecule has 7 nitrogen and oxygen atoms in total. The lowest BCUT2D eigenvalue weighted by atomic mass is 9.96. The molecule has 2 heterocycles. The monoisotopic (exact) mass is 411 g/mol.